The lowest BCUT2D eigenvalue weighted by atomic mass is 10.0. The van der Waals surface area contributed by atoms with Crippen molar-refractivity contribution in [1.29, 1.82) is 0 Å². The number of pyridine rings is 1. The summed E-state index contributed by atoms with van der Waals surface area (Å²) in [5, 5.41) is 9.58. The molecule has 0 fully saturated rings. The zero-order chi connectivity index (χ0) is 13.3. The number of H-pyrrole nitrogens is 1. The van der Waals surface area contributed by atoms with Gasteiger partial charge in [-0.3, -0.25) is 4.79 Å². The standard InChI is InChI=1S/C12H8F3NO2/c13-12(14,15)7-3-4-8(10(17)6-7)9-2-1-5-16-11(9)18/h1-6,17H,(H,16,18). The fourth-order valence-electron chi connectivity index (χ4n) is 1.57. The van der Waals surface area contributed by atoms with E-state index in [0.717, 1.165) is 12.1 Å². The molecule has 0 atom stereocenters. The van der Waals surface area contributed by atoms with Gasteiger partial charge in [0, 0.05) is 11.8 Å². The van der Waals surface area contributed by atoms with Crippen LogP contribution in [0.2, 0.25) is 0 Å². The van der Waals surface area contributed by atoms with E-state index in [1.54, 1.807) is 0 Å². The highest BCUT2D eigenvalue weighted by Crippen LogP contribution is 2.35. The van der Waals surface area contributed by atoms with Crippen molar-refractivity contribution in [2.75, 3.05) is 0 Å². The van der Waals surface area contributed by atoms with Gasteiger partial charge in [-0.05, 0) is 30.3 Å². The molecule has 0 unspecified atom stereocenters. The van der Waals surface area contributed by atoms with Gasteiger partial charge in [0.15, 0.2) is 0 Å². The first-order valence-corrected chi connectivity index (χ1v) is 4.98. The Morgan fingerprint density at radius 2 is 1.83 bits per heavy atom. The maximum Gasteiger partial charge on any atom is 0.416 e. The van der Waals surface area contributed by atoms with Crippen LogP contribution >= 0.6 is 0 Å². The molecule has 0 aliphatic carbocycles. The largest absolute Gasteiger partial charge is 0.507 e. The van der Waals surface area contributed by atoms with Crippen LogP contribution in [0.1, 0.15) is 5.56 Å². The summed E-state index contributed by atoms with van der Waals surface area (Å²) in [5.41, 5.74) is -1.27. The van der Waals surface area contributed by atoms with E-state index >= 15 is 0 Å². The molecule has 0 saturated carbocycles. The van der Waals surface area contributed by atoms with Gasteiger partial charge in [-0.15, -0.1) is 0 Å². The van der Waals surface area contributed by atoms with Gasteiger partial charge in [-0.1, -0.05) is 0 Å². The van der Waals surface area contributed by atoms with Gasteiger partial charge >= 0.3 is 6.18 Å². The van der Waals surface area contributed by atoms with E-state index in [9.17, 15) is 23.1 Å². The van der Waals surface area contributed by atoms with Crippen molar-refractivity contribution in [3.63, 3.8) is 0 Å². The molecule has 1 aromatic heterocycles. The molecule has 2 rings (SSSR count). The second kappa shape index (κ2) is 4.21. The Balaban J connectivity index is 2.56. The summed E-state index contributed by atoms with van der Waals surface area (Å²) in [7, 11) is 0. The zero-order valence-electron chi connectivity index (χ0n) is 8.95. The number of hydrogen-bond acceptors (Lipinski definition) is 2. The van der Waals surface area contributed by atoms with Crippen molar-refractivity contribution < 1.29 is 18.3 Å². The van der Waals surface area contributed by atoms with E-state index < -0.39 is 23.0 Å². The van der Waals surface area contributed by atoms with Crippen molar-refractivity contribution >= 4 is 0 Å². The Kier molecular flexibility index (Phi) is 2.86. The predicted molar refractivity (Wildman–Crippen MR) is 59.2 cm³/mol. The molecule has 3 nitrogen and oxygen atoms in total. The molecule has 2 N–H and O–H groups in total. The molecule has 0 radical (unpaired) electrons. The molecule has 0 amide bonds. The smallest absolute Gasteiger partial charge is 0.416 e. The molecule has 0 bridgehead atoms. The number of benzene rings is 1. The Morgan fingerprint density at radius 1 is 1.11 bits per heavy atom. The summed E-state index contributed by atoms with van der Waals surface area (Å²) in [6.07, 6.45) is -3.13. The van der Waals surface area contributed by atoms with Gasteiger partial charge in [0.2, 0.25) is 0 Å². The third-order valence-electron chi connectivity index (χ3n) is 2.43. The number of rotatable bonds is 1. The molecule has 0 spiro atoms. The van der Waals surface area contributed by atoms with E-state index in [2.05, 4.69) is 4.98 Å². The predicted octanol–water partition coefficient (Wildman–Crippen LogP) is 2.77. The van der Waals surface area contributed by atoms with Crippen LogP contribution in [0.15, 0.2) is 41.3 Å². The van der Waals surface area contributed by atoms with Gasteiger partial charge < -0.3 is 10.1 Å². The third-order valence-corrected chi connectivity index (χ3v) is 2.43. The molecular weight excluding hydrogens is 247 g/mol. The van der Waals surface area contributed by atoms with Gasteiger partial charge in [0.25, 0.3) is 5.56 Å². The minimum atomic E-state index is -4.53. The highest BCUT2D eigenvalue weighted by Gasteiger charge is 2.31. The average molecular weight is 255 g/mol. The Labute approximate surface area is 99.5 Å². The fraction of sp³-hybridized carbons (Fsp3) is 0.0833. The molecule has 6 heteroatoms. The van der Waals surface area contributed by atoms with E-state index in [4.69, 9.17) is 0 Å². The molecule has 1 aromatic carbocycles. The van der Waals surface area contributed by atoms with E-state index in [0.29, 0.717) is 6.07 Å². The molecule has 18 heavy (non-hydrogen) atoms. The fourth-order valence-corrected chi connectivity index (χ4v) is 1.57. The summed E-state index contributed by atoms with van der Waals surface area (Å²) in [5.74, 6) is -0.582. The van der Waals surface area contributed by atoms with Crippen molar-refractivity contribution in [2.45, 2.75) is 6.18 Å². The van der Waals surface area contributed by atoms with Crippen LogP contribution in [-0.2, 0) is 6.18 Å². The van der Waals surface area contributed by atoms with Gasteiger partial charge in [0.1, 0.15) is 5.75 Å². The monoisotopic (exact) mass is 255 g/mol. The zero-order valence-corrected chi connectivity index (χ0v) is 8.95. The number of hydrogen-bond donors (Lipinski definition) is 2. The molecular formula is C12H8F3NO2. The van der Waals surface area contributed by atoms with Crippen LogP contribution in [0.25, 0.3) is 11.1 Å². The van der Waals surface area contributed by atoms with Crippen LogP contribution in [0.3, 0.4) is 0 Å². The number of nitrogens with one attached hydrogen (secondary N) is 1. The van der Waals surface area contributed by atoms with Crippen molar-refractivity contribution in [3.05, 3.63) is 52.4 Å². The number of phenols is 1. The number of alkyl halides is 3. The molecule has 0 aliphatic rings. The summed E-state index contributed by atoms with van der Waals surface area (Å²) in [6.45, 7) is 0. The quantitative estimate of drug-likeness (QED) is 0.823. The van der Waals surface area contributed by atoms with Crippen LogP contribution in [0.4, 0.5) is 13.2 Å². The summed E-state index contributed by atoms with van der Waals surface area (Å²) >= 11 is 0. The number of phenolic OH excluding ortho intramolecular Hbond substituents is 1. The van der Waals surface area contributed by atoms with Crippen molar-refractivity contribution in [1.82, 2.24) is 4.98 Å². The number of aromatic hydroxyl groups is 1. The summed E-state index contributed by atoms with van der Waals surface area (Å²) in [6, 6.07) is 5.43. The second-order valence-electron chi connectivity index (χ2n) is 3.64. The lowest BCUT2D eigenvalue weighted by Crippen LogP contribution is -2.08. The SMILES string of the molecule is O=c1[nH]cccc1-c1ccc(C(F)(F)F)cc1O. The molecule has 1 heterocycles. The first kappa shape index (κ1) is 12.2. The van der Waals surface area contributed by atoms with Crippen molar-refractivity contribution in [2.24, 2.45) is 0 Å². The highest BCUT2D eigenvalue weighted by molar-refractivity contribution is 5.69. The Hall–Kier alpha value is -2.24. The first-order valence-electron chi connectivity index (χ1n) is 4.98. The maximum absolute atomic E-state index is 12.4. The number of aromatic amines is 1. The normalized spacial score (nSPS) is 11.5. The molecule has 94 valence electrons. The van der Waals surface area contributed by atoms with Crippen molar-refractivity contribution in [3.8, 4) is 16.9 Å². The Bertz CT molecular complexity index is 632. The Morgan fingerprint density at radius 3 is 2.39 bits per heavy atom. The van der Waals surface area contributed by atoms with Gasteiger partial charge in [0.05, 0.1) is 11.1 Å². The van der Waals surface area contributed by atoms with Gasteiger partial charge in [-0.2, -0.15) is 13.2 Å². The van der Waals surface area contributed by atoms with Crippen LogP contribution < -0.4 is 5.56 Å². The molecule has 0 aliphatic heterocycles. The van der Waals surface area contributed by atoms with Crippen LogP contribution in [0.5, 0.6) is 5.75 Å². The van der Waals surface area contributed by atoms with Crippen LogP contribution in [0, 0.1) is 0 Å². The minimum Gasteiger partial charge on any atom is -0.507 e. The molecule has 0 saturated heterocycles. The summed E-state index contributed by atoms with van der Waals surface area (Å²) < 4.78 is 37.2. The topological polar surface area (TPSA) is 53.1 Å². The average Bonchev–Trinajstić information content (AvgIpc) is 2.29. The third kappa shape index (κ3) is 2.22. The lowest BCUT2D eigenvalue weighted by Gasteiger charge is -2.09. The maximum atomic E-state index is 12.4. The van der Waals surface area contributed by atoms with Crippen LogP contribution in [-0.4, -0.2) is 10.1 Å². The minimum absolute atomic E-state index is 0.0600. The highest BCUT2D eigenvalue weighted by atomic mass is 19.4. The number of halogens is 3. The van der Waals surface area contributed by atoms with E-state index in [-0.39, 0.29) is 11.1 Å². The molecule has 2 aromatic rings. The first-order chi connectivity index (χ1) is 8.39. The van der Waals surface area contributed by atoms with E-state index in [1.165, 1.54) is 18.3 Å². The second-order valence-corrected chi connectivity index (χ2v) is 3.64. The lowest BCUT2D eigenvalue weighted by molar-refractivity contribution is -0.137. The van der Waals surface area contributed by atoms with E-state index in [1.807, 2.05) is 0 Å². The number of aromatic nitrogens is 1. The van der Waals surface area contributed by atoms with Gasteiger partial charge in [-0.25, -0.2) is 0 Å². The summed E-state index contributed by atoms with van der Waals surface area (Å²) in [4.78, 5) is 13.8.